The molecule has 6 nitrogen and oxygen atoms in total. The number of aryl methyl sites for hydroxylation is 1. The molecule has 102 valence electrons. The first kappa shape index (κ1) is 13.7. The van der Waals surface area contributed by atoms with Crippen LogP contribution in [0.25, 0.3) is 11.2 Å². The molecule has 2 rings (SSSR count). The highest BCUT2D eigenvalue weighted by molar-refractivity contribution is 5.70. The average Bonchev–Trinajstić information content (AvgIpc) is 2.87. The highest BCUT2D eigenvalue weighted by atomic mass is 16.2. The van der Waals surface area contributed by atoms with Crippen molar-refractivity contribution in [1.82, 2.24) is 18.7 Å². The quantitative estimate of drug-likeness (QED) is 0.718. The van der Waals surface area contributed by atoms with Crippen LogP contribution >= 0.6 is 0 Å². The van der Waals surface area contributed by atoms with Gasteiger partial charge in [-0.25, -0.2) is 14.3 Å². The fourth-order valence-corrected chi connectivity index (χ4v) is 1.90. The third-order valence-electron chi connectivity index (χ3n) is 2.94. The van der Waals surface area contributed by atoms with Gasteiger partial charge in [0.25, 0.3) is 5.56 Å². The molecule has 2 aromatic rings. The van der Waals surface area contributed by atoms with Crippen LogP contribution in [0, 0.1) is 23.7 Å². The Morgan fingerprint density at radius 3 is 2.45 bits per heavy atom. The summed E-state index contributed by atoms with van der Waals surface area (Å²) in [5.41, 5.74) is -0.0790. The van der Waals surface area contributed by atoms with Gasteiger partial charge in [0, 0.05) is 7.05 Å². The van der Waals surface area contributed by atoms with Crippen molar-refractivity contribution in [1.29, 1.82) is 0 Å². The zero-order valence-corrected chi connectivity index (χ0v) is 11.6. The number of nitrogens with zero attached hydrogens (tertiary/aromatic N) is 4. The summed E-state index contributed by atoms with van der Waals surface area (Å²) in [4.78, 5) is 28.7. The van der Waals surface area contributed by atoms with Gasteiger partial charge in [0.1, 0.15) is 0 Å². The molecule has 0 aliphatic rings. The predicted molar refractivity (Wildman–Crippen MR) is 76.1 cm³/mol. The van der Waals surface area contributed by atoms with Crippen LogP contribution in [-0.4, -0.2) is 18.7 Å². The molecular weight excluding hydrogens is 256 g/mol. The summed E-state index contributed by atoms with van der Waals surface area (Å²) in [6, 6.07) is 0. The van der Waals surface area contributed by atoms with Crippen LogP contribution in [0.15, 0.2) is 15.9 Å². The molecule has 0 radical (unpaired) electrons. The van der Waals surface area contributed by atoms with Crippen LogP contribution in [0.3, 0.4) is 0 Å². The van der Waals surface area contributed by atoms with Crippen LogP contribution in [0.2, 0.25) is 0 Å². The number of hydrogen-bond donors (Lipinski definition) is 0. The van der Waals surface area contributed by atoms with Crippen molar-refractivity contribution < 1.29 is 0 Å². The lowest BCUT2D eigenvalue weighted by molar-refractivity contribution is 0.672. The molecule has 6 heteroatoms. The predicted octanol–water partition coefficient (Wildman–Crippen LogP) is -0.0567. The minimum Gasteiger partial charge on any atom is -0.313 e. The SMILES string of the molecule is CC#CCn1c(=O)c2c(ncn2CC#CC)n(C)c1=O. The second kappa shape index (κ2) is 5.50. The van der Waals surface area contributed by atoms with E-state index in [0.717, 1.165) is 4.57 Å². The van der Waals surface area contributed by atoms with E-state index in [0.29, 0.717) is 17.7 Å². The summed E-state index contributed by atoms with van der Waals surface area (Å²) in [6.45, 7) is 3.82. The Hall–Kier alpha value is -2.73. The fourth-order valence-electron chi connectivity index (χ4n) is 1.90. The third kappa shape index (κ3) is 2.12. The molecule has 2 aromatic heterocycles. The van der Waals surface area contributed by atoms with E-state index in [1.807, 2.05) is 0 Å². The molecule has 20 heavy (non-hydrogen) atoms. The molecule has 2 heterocycles. The van der Waals surface area contributed by atoms with Gasteiger partial charge in [-0.15, -0.1) is 11.8 Å². The molecule has 0 aromatic carbocycles. The zero-order valence-electron chi connectivity index (χ0n) is 11.6. The van der Waals surface area contributed by atoms with Crippen molar-refractivity contribution in [2.75, 3.05) is 0 Å². The van der Waals surface area contributed by atoms with E-state index in [2.05, 4.69) is 28.7 Å². The molecule has 0 spiro atoms. The molecule has 0 N–H and O–H groups in total. The molecule has 0 aliphatic carbocycles. The Morgan fingerprint density at radius 1 is 1.15 bits per heavy atom. The van der Waals surface area contributed by atoms with E-state index >= 15 is 0 Å². The van der Waals surface area contributed by atoms with Gasteiger partial charge in [0.2, 0.25) is 0 Å². The Labute approximate surface area is 115 Å². The summed E-state index contributed by atoms with van der Waals surface area (Å²) in [7, 11) is 1.59. The minimum absolute atomic E-state index is 0.0720. The van der Waals surface area contributed by atoms with Gasteiger partial charge in [0.15, 0.2) is 11.2 Å². The highest BCUT2D eigenvalue weighted by Gasteiger charge is 2.14. The number of fused-ring (bicyclic) bond motifs is 1. The summed E-state index contributed by atoms with van der Waals surface area (Å²) in [6.07, 6.45) is 1.52. The number of rotatable bonds is 2. The lowest BCUT2D eigenvalue weighted by atomic mass is 10.4. The summed E-state index contributed by atoms with van der Waals surface area (Å²) < 4.78 is 4.10. The normalized spacial score (nSPS) is 9.75. The van der Waals surface area contributed by atoms with Crippen molar-refractivity contribution in [2.45, 2.75) is 26.9 Å². The highest BCUT2D eigenvalue weighted by Crippen LogP contribution is 2.04. The molecule has 0 aliphatic heterocycles. The first-order chi connectivity index (χ1) is 9.61. The van der Waals surface area contributed by atoms with Gasteiger partial charge in [0.05, 0.1) is 19.4 Å². The average molecular weight is 270 g/mol. The molecule has 0 amide bonds. The Kier molecular flexibility index (Phi) is 3.76. The van der Waals surface area contributed by atoms with Gasteiger partial charge in [-0.05, 0) is 13.8 Å². The molecule has 0 atom stereocenters. The molecule has 0 saturated heterocycles. The Morgan fingerprint density at radius 2 is 1.80 bits per heavy atom. The maximum absolute atomic E-state index is 12.4. The summed E-state index contributed by atoms with van der Waals surface area (Å²) in [5, 5.41) is 0. The lowest BCUT2D eigenvalue weighted by Crippen LogP contribution is -2.39. The summed E-state index contributed by atoms with van der Waals surface area (Å²) in [5.74, 6) is 11.1. The topological polar surface area (TPSA) is 61.8 Å². The maximum atomic E-state index is 12.4. The van der Waals surface area contributed by atoms with E-state index in [1.54, 1.807) is 25.5 Å². The Bertz CT molecular complexity index is 891. The first-order valence-corrected chi connectivity index (χ1v) is 6.05. The minimum atomic E-state index is -0.419. The van der Waals surface area contributed by atoms with E-state index in [1.165, 1.54) is 10.9 Å². The molecule has 0 saturated carbocycles. The van der Waals surface area contributed by atoms with Crippen molar-refractivity contribution in [3.05, 3.63) is 27.2 Å². The van der Waals surface area contributed by atoms with Gasteiger partial charge in [-0.2, -0.15) is 0 Å². The zero-order chi connectivity index (χ0) is 14.7. The van der Waals surface area contributed by atoms with E-state index < -0.39 is 5.69 Å². The van der Waals surface area contributed by atoms with Crippen LogP contribution in [0.5, 0.6) is 0 Å². The third-order valence-corrected chi connectivity index (χ3v) is 2.94. The van der Waals surface area contributed by atoms with E-state index in [9.17, 15) is 9.59 Å². The van der Waals surface area contributed by atoms with Crippen LogP contribution in [0.1, 0.15) is 13.8 Å². The van der Waals surface area contributed by atoms with Crippen LogP contribution in [0.4, 0.5) is 0 Å². The van der Waals surface area contributed by atoms with Crippen molar-refractivity contribution >= 4 is 11.2 Å². The number of imidazole rings is 1. The van der Waals surface area contributed by atoms with Gasteiger partial charge < -0.3 is 4.57 Å². The van der Waals surface area contributed by atoms with Crippen LogP contribution in [-0.2, 0) is 20.1 Å². The van der Waals surface area contributed by atoms with Gasteiger partial charge in [-0.1, -0.05) is 11.8 Å². The first-order valence-electron chi connectivity index (χ1n) is 6.05. The second-order valence-corrected chi connectivity index (χ2v) is 4.13. The van der Waals surface area contributed by atoms with E-state index in [4.69, 9.17) is 0 Å². The molecule has 0 fully saturated rings. The van der Waals surface area contributed by atoms with Crippen molar-refractivity contribution in [2.24, 2.45) is 7.05 Å². The molecule has 0 bridgehead atoms. The molecular formula is C14H14N4O2. The standard InChI is InChI=1S/C14H14N4O2/c1-4-6-8-17-10-15-12-11(17)13(19)18(9-7-5-2)14(20)16(12)3/h10H,8-9H2,1-3H3. The Balaban J connectivity index is 2.81. The molecule has 0 unspecified atom stereocenters. The van der Waals surface area contributed by atoms with Gasteiger partial charge >= 0.3 is 5.69 Å². The van der Waals surface area contributed by atoms with Gasteiger partial charge in [-0.3, -0.25) is 9.36 Å². The largest absolute Gasteiger partial charge is 0.333 e. The smallest absolute Gasteiger partial charge is 0.313 e. The lowest BCUT2D eigenvalue weighted by Gasteiger charge is -2.06. The van der Waals surface area contributed by atoms with Crippen LogP contribution < -0.4 is 11.2 Å². The fraction of sp³-hybridized carbons (Fsp3) is 0.357. The van der Waals surface area contributed by atoms with Crippen molar-refractivity contribution in [3.63, 3.8) is 0 Å². The number of aromatic nitrogens is 4. The summed E-state index contributed by atoms with van der Waals surface area (Å²) >= 11 is 0. The maximum Gasteiger partial charge on any atom is 0.333 e. The van der Waals surface area contributed by atoms with E-state index in [-0.39, 0.29) is 12.1 Å². The van der Waals surface area contributed by atoms with Crippen molar-refractivity contribution in [3.8, 4) is 23.7 Å². The monoisotopic (exact) mass is 270 g/mol. The second-order valence-electron chi connectivity index (χ2n) is 4.13. The number of hydrogen-bond acceptors (Lipinski definition) is 3.